The Labute approximate surface area is 131 Å². The number of sulfone groups is 1. The van der Waals surface area contributed by atoms with Gasteiger partial charge >= 0.3 is 5.51 Å². The predicted molar refractivity (Wildman–Crippen MR) is 80.6 cm³/mol. The van der Waals surface area contributed by atoms with Crippen LogP contribution < -0.4 is 4.90 Å². The number of anilines is 1. The van der Waals surface area contributed by atoms with E-state index >= 15 is 0 Å². The highest BCUT2D eigenvalue weighted by Crippen LogP contribution is 2.31. The van der Waals surface area contributed by atoms with Gasteiger partial charge < -0.3 is 4.90 Å². The van der Waals surface area contributed by atoms with E-state index in [1.165, 1.54) is 12.1 Å². The molecule has 0 aliphatic rings. The van der Waals surface area contributed by atoms with E-state index in [0.29, 0.717) is 5.69 Å². The predicted octanol–water partition coefficient (Wildman–Crippen LogP) is 3.98. The Balaban J connectivity index is 3.06. The standard InChI is InChI=1S/C13H17BrF3NO2S/c1-10(2)18(9-3-8-14)11-4-6-12(7-5-11)21(19,20)13(15,16)17/h4-7,10H,3,8-9H2,1-2H3. The Hall–Kier alpha value is -0.760. The van der Waals surface area contributed by atoms with E-state index < -0.39 is 20.2 Å². The van der Waals surface area contributed by atoms with Crippen LogP contribution in [0.4, 0.5) is 18.9 Å². The van der Waals surface area contributed by atoms with Crippen LogP contribution in [-0.2, 0) is 9.84 Å². The van der Waals surface area contributed by atoms with Gasteiger partial charge in [0.1, 0.15) is 0 Å². The molecule has 0 aliphatic carbocycles. The summed E-state index contributed by atoms with van der Waals surface area (Å²) in [4.78, 5) is 1.27. The van der Waals surface area contributed by atoms with Crippen molar-refractivity contribution >= 4 is 31.5 Å². The van der Waals surface area contributed by atoms with Crippen molar-refractivity contribution < 1.29 is 21.6 Å². The largest absolute Gasteiger partial charge is 0.501 e. The van der Waals surface area contributed by atoms with Gasteiger partial charge in [-0.3, -0.25) is 0 Å². The maximum Gasteiger partial charge on any atom is 0.501 e. The fourth-order valence-electron chi connectivity index (χ4n) is 1.87. The van der Waals surface area contributed by atoms with Gasteiger partial charge in [0.05, 0.1) is 4.90 Å². The van der Waals surface area contributed by atoms with E-state index in [-0.39, 0.29) is 6.04 Å². The summed E-state index contributed by atoms with van der Waals surface area (Å²) in [5.74, 6) is 0. The molecule has 0 radical (unpaired) electrons. The first-order valence-corrected chi connectivity index (χ1v) is 8.95. The van der Waals surface area contributed by atoms with Crippen LogP contribution in [-0.4, -0.2) is 31.8 Å². The Morgan fingerprint density at radius 2 is 1.71 bits per heavy atom. The summed E-state index contributed by atoms with van der Waals surface area (Å²) >= 11 is 3.33. The summed E-state index contributed by atoms with van der Waals surface area (Å²) in [7, 11) is -5.28. The first-order chi connectivity index (χ1) is 9.61. The normalized spacial score (nSPS) is 12.7. The summed E-state index contributed by atoms with van der Waals surface area (Å²) < 4.78 is 60.0. The number of nitrogens with zero attached hydrogens (tertiary/aromatic N) is 1. The molecule has 0 unspecified atom stereocenters. The highest BCUT2D eigenvalue weighted by molar-refractivity contribution is 9.09. The summed E-state index contributed by atoms with van der Waals surface area (Å²) in [6, 6.07) is 4.98. The minimum atomic E-state index is -5.28. The van der Waals surface area contributed by atoms with Crippen molar-refractivity contribution in [1.29, 1.82) is 0 Å². The zero-order valence-electron chi connectivity index (χ0n) is 11.7. The number of hydrogen-bond donors (Lipinski definition) is 0. The van der Waals surface area contributed by atoms with Crippen LogP contribution in [0, 0.1) is 0 Å². The molecule has 0 aliphatic heterocycles. The van der Waals surface area contributed by atoms with E-state index in [1.807, 2.05) is 18.7 Å². The summed E-state index contributed by atoms with van der Waals surface area (Å²) in [6.07, 6.45) is 0.876. The van der Waals surface area contributed by atoms with E-state index in [9.17, 15) is 21.6 Å². The molecule has 0 saturated carbocycles. The van der Waals surface area contributed by atoms with Gasteiger partial charge in [0.15, 0.2) is 0 Å². The SMILES string of the molecule is CC(C)N(CCCBr)c1ccc(S(=O)(=O)C(F)(F)F)cc1. The number of alkyl halides is 4. The minimum Gasteiger partial charge on any atom is -0.369 e. The maximum atomic E-state index is 12.5. The summed E-state index contributed by atoms with van der Waals surface area (Å²) in [5.41, 5.74) is -4.57. The molecular formula is C13H17BrF3NO2S. The average molecular weight is 388 g/mol. The Kier molecular flexibility index (Phi) is 6.10. The molecule has 8 heteroatoms. The van der Waals surface area contributed by atoms with Gasteiger partial charge in [-0.05, 0) is 44.5 Å². The first kappa shape index (κ1) is 18.3. The minimum absolute atomic E-state index is 0.161. The second-order valence-corrected chi connectivity index (χ2v) is 7.51. The Morgan fingerprint density at radius 3 is 2.10 bits per heavy atom. The molecule has 0 saturated heterocycles. The molecule has 0 amide bonds. The third-order valence-corrected chi connectivity index (χ3v) is 5.00. The lowest BCUT2D eigenvalue weighted by Gasteiger charge is -2.29. The third-order valence-electron chi connectivity index (χ3n) is 2.94. The number of hydrogen-bond acceptors (Lipinski definition) is 3. The molecule has 0 N–H and O–H groups in total. The van der Waals surface area contributed by atoms with Gasteiger partial charge in [-0.25, -0.2) is 8.42 Å². The molecule has 0 fully saturated rings. The lowest BCUT2D eigenvalue weighted by Crippen LogP contribution is -2.32. The van der Waals surface area contributed by atoms with Crippen molar-refractivity contribution in [3.63, 3.8) is 0 Å². The van der Waals surface area contributed by atoms with Crippen LogP contribution in [0.15, 0.2) is 29.2 Å². The molecule has 0 spiro atoms. The van der Waals surface area contributed by atoms with Crippen LogP contribution in [0.1, 0.15) is 20.3 Å². The zero-order valence-corrected chi connectivity index (χ0v) is 14.1. The Morgan fingerprint density at radius 1 is 1.19 bits per heavy atom. The summed E-state index contributed by atoms with van der Waals surface area (Å²) in [6.45, 7) is 4.66. The van der Waals surface area contributed by atoms with Gasteiger partial charge in [-0.15, -0.1) is 0 Å². The number of halogens is 4. The molecule has 21 heavy (non-hydrogen) atoms. The van der Waals surface area contributed by atoms with Gasteiger partial charge in [0.25, 0.3) is 9.84 Å². The van der Waals surface area contributed by atoms with Gasteiger partial charge in [-0.1, -0.05) is 15.9 Å². The van der Waals surface area contributed by atoms with E-state index in [4.69, 9.17) is 0 Å². The maximum absolute atomic E-state index is 12.5. The van der Waals surface area contributed by atoms with E-state index in [2.05, 4.69) is 15.9 Å². The fourth-order valence-corrected chi connectivity index (χ4v) is 2.88. The molecule has 1 aromatic rings. The van der Waals surface area contributed by atoms with Crippen LogP contribution in [0.5, 0.6) is 0 Å². The quantitative estimate of drug-likeness (QED) is 0.692. The van der Waals surface area contributed by atoms with Crippen molar-refractivity contribution in [2.75, 3.05) is 16.8 Å². The van der Waals surface area contributed by atoms with E-state index in [0.717, 1.165) is 30.4 Å². The van der Waals surface area contributed by atoms with Crippen molar-refractivity contribution in [2.24, 2.45) is 0 Å². The van der Waals surface area contributed by atoms with Crippen LogP contribution in [0.25, 0.3) is 0 Å². The van der Waals surface area contributed by atoms with Gasteiger partial charge in [-0.2, -0.15) is 13.2 Å². The van der Waals surface area contributed by atoms with E-state index in [1.54, 1.807) is 0 Å². The van der Waals surface area contributed by atoms with Crippen LogP contribution >= 0.6 is 15.9 Å². The van der Waals surface area contributed by atoms with Gasteiger partial charge in [0.2, 0.25) is 0 Å². The smallest absolute Gasteiger partial charge is 0.369 e. The lowest BCUT2D eigenvalue weighted by molar-refractivity contribution is -0.0436. The topological polar surface area (TPSA) is 37.4 Å². The fraction of sp³-hybridized carbons (Fsp3) is 0.538. The first-order valence-electron chi connectivity index (χ1n) is 6.35. The second-order valence-electron chi connectivity index (χ2n) is 4.77. The molecule has 1 rings (SSSR count). The van der Waals surface area contributed by atoms with Crippen molar-refractivity contribution in [2.45, 2.75) is 36.7 Å². The van der Waals surface area contributed by atoms with Crippen LogP contribution in [0.2, 0.25) is 0 Å². The van der Waals surface area contributed by atoms with Crippen molar-refractivity contribution in [3.05, 3.63) is 24.3 Å². The molecule has 1 aromatic carbocycles. The summed E-state index contributed by atoms with van der Waals surface area (Å²) in [5, 5.41) is 0.816. The van der Waals surface area contributed by atoms with Crippen molar-refractivity contribution in [1.82, 2.24) is 0 Å². The Bertz CT molecular complexity index is 556. The second kappa shape index (κ2) is 7.00. The molecule has 0 bridgehead atoms. The number of benzene rings is 1. The van der Waals surface area contributed by atoms with Crippen molar-refractivity contribution in [3.8, 4) is 0 Å². The molecule has 0 heterocycles. The molecular weight excluding hydrogens is 371 g/mol. The highest BCUT2D eigenvalue weighted by Gasteiger charge is 2.46. The highest BCUT2D eigenvalue weighted by atomic mass is 79.9. The zero-order chi connectivity index (χ0) is 16.3. The molecule has 0 aromatic heterocycles. The molecule has 3 nitrogen and oxygen atoms in total. The third kappa shape index (κ3) is 4.35. The number of rotatable bonds is 6. The molecule has 0 atom stereocenters. The molecule has 120 valence electrons. The monoisotopic (exact) mass is 387 g/mol. The van der Waals surface area contributed by atoms with Crippen LogP contribution in [0.3, 0.4) is 0 Å². The average Bonchev–Trinajstić information content (AvgIpc) is 2.38. The lowest BCUT2D eigenvalue weighted by atomic mass is 10.2. The van der Waals surface area contributed by atoms with Gasteiger partial charge in [0, 0.05) is 23.6 Å².